The fraction of sp³-hybridized carbons (Fsp3) is 0.533. The highest BCUT2D eigenvalue weighted by Crippen LogP contribution is 2.12. The maximum atomic E-state index is 11.3. The van der Waals surface area contributed by atoms with Crippen molar-refractivity contribution in [3.05, 3.63) is 29.8 Å². The van der Waals surface area contributed by atoms with Crippen molar-refractivity contribution in [2.24, 2.45) is 5.84 Å². The van der Waals surface area contributed by atoms with Crippen LogP contribution < -0.4 is 16.0 Å². The van der Waals surface area contributed by atoms with Crippen LogP contribution in [0.3, 0.4) is 0 Å². The number of benzene rings is 1. The summed E-state index contributed by atoms with van der Waals surface area (Å²) in [5, 5.41) is 0. The Kier molecular flexibility index (Phi) is 5.98. The monoisotopic (exact) mass is 292 g/mol. The van der Waals surface area contributed by atoms with E-state index in [1.807, 2.05) is 0 Å². The summed E-state index contributed by atoms with van der Waals surface area (Å²) in [5.41, 5.74) is 2.63. The maximum absolute atomic E-state index is 11.3. The van der Waals surface area contributed by atoms with Gasteiger partial charge in [0, 0.05) is 25.2 Å². The zero-order valence-electron chi connectivity index (χ0n) is 12.5. The van der Waals surface area contributed by atoms with Gasteiger partial charge in [0.25, 0.3) is 5.91 Å². The minimum Gasteiger partial charge on any atom is -0.492 e. The third kappa shape index (κ3) is 5.00. The molecule has 1 fully saturated rings. The van der Waals surface area contributed by atoms with E-state index in [4.69, 9.17) is 10.6 Å². The highest BCUT2D eigenvalue weighted by Gasteiger charge is 2.11. The van der Waals surface area contributed by atoms with Crippen LogP contribution in [0, 0.1) is 0 Å². The van der Waals surface area contributed by atoms with E-state index >= 15 is 0 Å². The Labute approximate surface area is 125 Å². The molecule has 0 radical (unpaired) electrons. The minimum atomic E-state index is -0.296. The number of hydrazine groups is 1. The molecule has 1 aliphatic rings. The molecule has 0 atom stereocenters. The molecule has 21 heavy (non-hydrogen) atoms. The number of ether oxygens (including phenoxy) is 1. The Morgan fingerprint density at radius 2 is 2.00 bits per heavy atom. The Hall–Kier alpha value is -1.63. The summed E-state index contributed by atoms with van der Waals surface area (Å²) in [7, 11) is 2.17. The lowest BCUT2D eigenvalue weighted by molar-refractivity contribution is 0.0953. The topological polar surface area (TPSA) is 70.8 Å². The second kappa shape index (κ2) is 7.97. The van der Waals surface area contributed by atoms with Gasteiger partial charge in [0.1, 0.15) is 12.4 Å². The number of carbonyl (C=O) groups is 1. The lowest BCUT2D eigenvalue weighted by Crippen LogP contribution is -2.32. The molecule has 0 saturated carbocycles. The SMILES string of the molecule is CN1CCCN(CCOc2ccc(C(=O)NN)cc2)CC1. The molecule has 0 aromatic heterocycles. The van der Waals surface area contributed by atoms with Crippen molar-refractivity contribution >= 4 is 5.91 Å². The molecule has 0 bridgehead atoms. The lowest BCUT2D eigenvalue weighted by Gasteiger charge is -2.20. The number of hydrogen-bond donors (Lipinski definition) is 2. The van der Waals surface area contributed by atoms with Gasteiger partial charge in [-0.05, 0) is 50.8 Å². The number of likely N-dealkylation sites (N-methyl/N-ethyl adjacent to an activating group) is 1. The number of amides is 1. The number of nitrogen functional groups attached to an aromatic ring is 1. The third-order valence-corrected chi connectivity index (χ3v) is 3.74. The molecular weight excluding hydrogens is 268 g/mol. The first-order chi connectivity index (χ1) is 10.2. The van der Waals surface area contributed by atoms with Gasteiger partial charge in [-0.3, -0.25) is 15.1 Å². The average Bonchev–Trinajstić information content (AvgIpc) is 2.72. The van der Waals surface area contributed by atoms with Crippen molar-refractivity contribution in [2.75, 3.05) is 46.4 Å². The van der Waals surface area contributed by atoms with Gasteiger partial charge in [-0.2, -0.15) is 0 Å². The molecule has 2 rings (SSSR count). The van der Waals surface area contributed by atoms with Gasteiger partial charge in [-0.25, -0.2) is 5.84 Å². The number of carbonyl (C=O) groups excluding carboxylic acids is 1. The molecule has 3 N–H and O–H groups in total. The minimum absolute atomic E-state index is 0.296. The van der Waals surface area contributed by atoms with Gasteiger partial charge < -0.3 is 9.64 Å². The number of nitrogens with one attached hydrogen (secondary N) is 1. The normalized spacial score (nSPS) is 17.2. The van der Waals surface area contributed by atoms with E-state index in [1.54, 1.807) is 24.3 Å². The van der Waals surface area contributed by atoms with Gasteiger partial charge in [-0.1, -0.05) is 0 Å². The quantitative estimate of drug-likeness (QED) is 0.464. The van der Waals surface area contributed by atoms with Gasteiger partial charge >= 0.3 is 0 Å². The fourth-order valence-corrected chi connectivity index (χ4v) is 2.40. The van der Waals surface area contributed by atoms with Gasteiger partial charge in [0.2, 0.25) is 0 Å². The Morgan fingerprint density at radius 3 is 2.71 bits per heavy atom. The molecule has 116 valence electrons. The molecule has 1 amide bonds. The predicted octanol–water partition coefficient (Wildman–Crippen LogP) is 0.306. The molecule has 6 heteroatoms. The van der Waals surface area contributed by atoms with Crippen LogP contribution in [-0.2, 0) is 0 Å². The van der Waals surface area contributed by atoms with E-state index in [1.165, 1.54) is 13.0 Å². The number of hydrogen-bond acceptors (Lipinski definition) is 5. The van der Waals surface area contributed by atoms with Crippen LogP contribution in [0.5, 0.6) is 5.75 Å². The molecule has 0 aliphatic carbocycles. The molecule has 6 nitrogen and oxygen atoms in total. The lowest BCUT2D eigenvalue weighted by atomic mass is 10.2. The Bertz CT molecular complexity index is 449. The fourth-order valence-electron chi connectivity index (χ4n) is 2.40. The summed E-state index contributed by atoms with van der Waals surface area (Å²) >= 11 is 0. The van der Waals surface area contributed by atoms with Crippen LogP contribution in [-0.4, -0.2) is 62.1 Å². The highest BCUT2D eigenvalue weighted by molar-refractivity contribution is 5.93. The van der Waals surface area contributed by atoms with Crippen LogP contribution in [0.4, 0.5) is 0 Å². The molecule has 0 spiro atoms. The molecule has 1 saturated heterocycles. The average molecular weight is 292 g/mol. The van der Waals surface area contributed by atoms with Crippen molar-refractivity contribution in [3.8, 4) is 5.75 Å². The summed E-state index contributed by atoms with van der Waals surface area (Å²) in [5.74, 6) is 5.57. The van der Waals surface area contributed by atoms with E-state index in [2.05, 4.69) is 22.3 Å². The second-order valence-electron chi connectivity index (χ2n) is 5.34. The van der Waals surface area contributed by atoms with Crippen LogP contribution in [0.25, 0.3) is 0 Å². The Balaban J connectivity index is 1.74. The summed E-state index contributed by atoms with van der Waals surface area (Å²) in [6.45, 7) is 6.09. The van der Waals surface area contributed by atoms with E-state index in [-0.39, 0.29) is 5.91 Å². The van der Waals surface area contributed by atoms with E-state index in [0.29, 0.717) is 12.2 Å². The molecule has 1 aromatic rings. The van der Waals surface area contributed by atoms with Crippen LogP contribution in [0.15, 0.2) is 24.3 Å². The van der Waals surface area contributed by atoms with Crippen molar-refractivity contribution in [1.29, 1.82) is 0 Å². The van der Waals surface area contributed by atoms with Crippen LogP contribution in [0.2, 0.25) is 0 Å². The standard InChI is InChI=1S/C15H24N4O2/c1-18-7-2-8-19(10-9-18)11-12-21-14-5-3-13(4-6-14)15(20)17-16/h3-6H,2,7-12,16H2,1H3,(H,17,20). The van der Waals surface area contributed by atoms with E-state index in [9.17, 15) is 4.79 Å². The summed E-state index contributed by atoms with van der Waals surface area (Å²) in [4.78, 5) is 16.1. The predicted molar refractivity (Wildman–Crippen MR) is 82.1 cm³/mol. The van der Waals surface area contributed by atoms with Gasteiger partial charge in [-0.15, -0.1) is 0 Å². The second-order valence-corrected chi connectivity index (χ2v) is 5.34. The first kappa shape index (κ1) is 15.8. The third-order valence-electron chi connectivity index (χ3n) is 3.74. The van der Waals surface area contributed by atoms with Crippen molar-refractivity contribution in [2.45, 2.75) is 6.42 Å². The Morgan fingerprint density at radius 1 is 1.24 bits per heavy atom. The zero-order chi connectivity index (χ0) is 15.1. The smallest absolute Gasteiger partial charge is 0.265 e. The van der Waals surface area contributed by atoms with E-state index in [0.717, 1.165) is 31.9 Å². The van der Waals surface area contributed by atoms with Crippen LogP contribution in [0.1, 0.15) is 16.8 Å². The first-order valence-electron chi connectivity index (χ1n) is 7.34. The number of nitrogens with two attached hydrogens (primary N) is 1. The molecule has 0 unspecified atom stereocenters. The van der Waals surface area contributed by atoms with Crippen molar-refractivity contribution < 1.29 is 9.53 Å². The zero-order valence-corrected chi connectivity index (χ0v) is 12.5. The largest absolute Gasteiger partial charge is 0.492 e. The maximum Gasteiger partial charge on any atom is 0.265 e. The molecule has 1 heterocycles. The van der Waals surface area contributed by atoms with Crippen molar-refractivity contribution in [3.63, 3.8) is 0 Å². The number of rotatable bonds is 5. The molecule has 1 aromatic carbocycles. The molecular formula is C15H24N4O2. The van der Waals surface area contributed by atoms with Crippen molar-refractivity contribution in [1.82, 2.24) is 15.2 Å². The van der Waals surface area contributed by atoms with E-state index < -0.39 is 0 Å². The number of nitrogens with zero attached hydrogens (tertiary/aromatic N) is 2. The summed E-state index contributed by atoms with van der Waals surface area (Å²) in [6, 6.07) is 7.00. The molecule has 1 aliphatic heterocycles. The van der Waals surface area contributed by atoms with Gasteiger partial charge in [0.05, 0.1) is 0 Å². The van der Waals surface area contributed by atoms with Crippen LogP contribution >= 0.6 is 0 Å². The summed E-state index contributed by atoms with van der Waals surface area (Å²) in [6.07, 6.45) is 1.21. The van der Waals surface area contributed by atoms with Gasteiger partial charge in [0.15, 0.2) is 0 Å². The summed E-state index contributed by atoms with van der Waals surface area (Å²) < 4.78 is 5.73. The highest BCUT2D eigenvalue weighted by atomic mass is 16.5. The first-order valence-corrected chi connectivity index (χ1v) is 7.34.